The number of aromatic nitrogens is 1. The summed E-state index contributed by atoms with van der Waals surface area (Å²) in [6.45, 7) is 7.75. The van der Waals surface area contributed by atoms with Crippen molar-refractivity contribution in [1.29, 1.82) is 0 Å². The third-order valence-corrected chi connectivity index (χ3v) is 6.85. The second-order valence-corrected chi connectivity index (χ2v) is 8.96. The number of carbonyl (C=O) groups excluding carboxylic acids is 1. The number of hydrogen-bond acceptors (Lipinski definition) is 2. The fraction of sp³-hybridized carbons (Fsp3) is 0.296. The molecule has 0 aliphatic carbocycles. The molecule has 5 heteroatoms. The van der Waals surface area contributed by atoms with Crippen LogP contribution in [-0.4, -0.2) is 54.7 Å². The number of benzene rings is 3. The number of aryl methyl sites for hydroxylation is 1. The molecule has 32 heavy (non-hydrogen) atoms. The highest BCUT2D eigenvalue weighted by atomic mass is 127. The molecule has 0 unspecified atom stereocenters. The van der Waals surface area contributed by atoms with Crippen LogP contribution < -0.4 is 24.0 Å². The van der Waals surface area contributed by atoms with Gasteiger partial charge >= 0.3 is 0 Å². The molecule has 1 aliphatic heterocycles. The number of carbonyl (C=O) groups is 1. The standard InChI is InChI=1S/C27H29N2O2.HI/c1-20-11-12-24(22-8-4-3-7-21(20)22)27(30)25-19-28(26-10-6-5-9-23(25)26)13-14-29(2)15-17-31-18-16-29;/h3-12,19H,13-18H2,1-2H3;1H/q+1;/p-1. The number of quaternary nitrogens is 1. The summed E-state index contributed by atoms with van der Waals surface area (Å²) in [6.07, 6.45) is 2.06. The van der Waals surface area contributed by atoms with Crippen LogP contribution >= 0.6 is 0 Å². The van der Waals surface area contributed by atoms with Crippen LogP contribution in [0.25, 0.3) is 21.7 Å². The van der Waals surface area contributed by atoms with Gasteiger partial charge < -0.3 is 37.8 Å². The number of fused-ring (bicyclic) bond motifs is 2. The molecule has 0 spiro atoms. The lowest BCUT2D eigenvalue weighted by atomic mass is 9.95. The maximum atomic E-state index is 13.7. The summed E-state index contributed by atoms with van der Waals surface area (Å²) in [5.74, 6) is 0.0953. The zero-order valence-corrected chi connectivity index (χ0v) is 20.8. The summed E-state index contributed by atoms with van der Waals surface area (Å²) in [5.41, 5.74) is 3.88. The van der Waals surface area contributed by atoms with Gasteiger partial charge in [0.1, 0.15) is 13.1 Å². The van der Waals surface area contributed by atoms with Gasteiger partial charge in [-0.1, -0.05) is 54.6 Å². The van der Waals surface area contributed by atoms with E-state index in [2.05, 4.69) is 61.1 Å². The Balaban J connectivity index is 0.00000245. The van der Waals surface area contributed by atoms with Crippen molar-refractivity contribution >= 4 is 27.5 Å². The van der Waals surface area contributed by atoms with E-state index in [0.29, 0.717) is 0 Å². The van der Waals surface area contributed by atoms with Gasteiger partial charge in [0.05, 0.1) is 33.4 Å². The number of nitrogens with zero attached hydrogens (tertiary/aromatic N) is 2. The zero-order chi connectivity index (χ0) is 21.4. The lowest BCUT2D eigenvalue weighted by molar-refractivity contribution is -0.917. The summed E-state index contributed by atoms with van der Waals surface area (Å²) in [7, 11) is 2.30. The molecular weight excluding hydrogens is 511 g/mol. The fourth-order valence-electron chi connectivity index (χ4n) is 4.76. The van der Waals surface area contributed by atoms with Crippen LogP contribution in [0.5, 0.6) is 0 Å². The van der Waals surface area contributed by atoms with Crippen LogP contribution in [0.15, 0.2) is 66.9 Å². The van der Waals surface area contributed by atoms with E-state index in [1.54, 1.807) is 0 Å². The highest BCUT2D eigenvalue weighted by Gasteiger charge is 2.26. The van der Waals surface area contributed by atoms with E-state index in [1.165, 1.54) is 5.56 Å². The Morgan fingerprint density at radius 2 is 1.56 bits per heavy atom. The number of likely N-dealkylation sites (N-methyl/N-ethyl adjacent to an activating group) is 1. The molecule has 0 atom stereocenters. The summed E-state index contributed by atoms with van der Waals surface area (Å²) in [6, 6.07) is 20.5. The van der Waals surface area contributed by atoms with Gasteiger partial charge in [0.15, 0.2) is 5.78 Å². The molecule has 1 saturated heterocycles. The zero-order valence-electron chi connectivity index (χ0n) is 18.7. The Hall–Kier alpha value is -2.22. The van der Waals surface area contributed by atoms with E-state index in [9.17, 15) is 4.79 Å². The Labute approximate surface area is 206 Å². The second-order valence-electron chi connectivity index (χ2n) is 8.96. The maximum Gasteiger partial charge on any atom is 0.195 e. The molecule has 0 saturated carbocycles. The number of rotatable bonds is 5. The molecule has 0 N–H and O–H groups in total. The summed E-state index contributed by atoms with van der Waals surface area (Å²) < 4.78 is 8.82. The van der Waals surface area contributed by atoms with Crippen molar-refractivity contribution in [3.63, 3.8) is 0 Å². The minimum Gasteiger partial charge on any atom is -1.00 e. The van der Waals surface area contributed by atoms with Crippen LogP contribution in [-0.2, 0) is 11.3 Å². The molecule has 1 fully saturated rings. The largest absolute Gasteiger partial charge is 1.00 e. The van der Waals surface area contributed by atoms with Gasteiger partial charge in [-0.2, -0.15) is 0 Å². The highest BCUT2D eigenvalue weighted by Crippen LogP contribution is 2.29. The summed E-state index contributed by atoms with van der Waals surface area (Å²) >= 11 is 0. The SMILES string of the molecule is Cc1ccc(C(=O)c2cn(CC[N+]3(C)CCOCC3)c3ccccc23)c2ccccc12.[I-]. The molecule has 0 radical (unpaired) electrons. The van der Waals surface area contributed by atoms with Crippen molar-refractivity contribution in [3.05, 3.63) is 83.6 Å². The van der Waals surface area contributed by atoms with Crippen molar-refractivity contribution in [3.8, 4) is 0 Å². The van der Waals surface area contributed by atoms with E-state index in [4.69, 9.17) is 4.74 Å². The predicted octanol–water partition coefficient (Wildman–Crippen LogP) is 1.81. The van der Waals surface area contributed by atoms with Gasteiger partial charge in [0.2, 0.25) is 0 Å². The van der Waals surface area contributed by atoms with E-state index < -0.39 is 0 Å². The average Bonchev–Trinajstić information content (AvgIpc) is 3.17. The number of ether oxygens (including phenoxy) is 1. The fourth-order valence-corrected chi connectivity index (χ4v) is 4.76. The third-order valence-electron chi connectivity index (χ3n) is 6.85. The molecule has 4 aromatic rings. The first kappa shape index (κ1) is 23.0. The molecular formula is C27H29IN2O2. The number of hydrogen-bond donors (Lipinski definition) is 0. The van der Waals surface area contributed by atoms with Crippen LogP contribution in [0.3, 0.4) is 0 Å². The molecule has 1 aromatic heterocycles. The number of morpholine rings is 1. The third kappa shape index (κ3) is 4.21. The Bertz CT molecular complexity index is 1270. The first-order valence-electron chi connectivity index (χ1n) is 11.1. The molecule has 0 bridgehead atoms. The minimum atomic E-state index is 0. The first-order valence-corrected chi connectivity index (χ1v) is 11.1. The van der Waals surface area contributed by atoms with Gasteiger partial charge in [-0.3, -0.25) is 4.79 Å². The number of para-hydroxylation sites is 1. The Morgan fingerprint density at radius 1 is 0.906 bits per heavy atom. The number of halogens is 1. The molecule has 2 heterocycles. The van der Waals surface area contributed by atoms with E-state index in [1.807, 2.05) is 24.3 Å². The van der Waals surface area contributed by atoms with Gasteiger partial charge in [-0.15, -0.1) is 0 Å². The Kier molecular flexibility index (Phi) is 6.70. The van der Waals surface area contributed by atoms with Crippen molar-refractivity contribution in [2.24, 2.45) is 0 Å². The van der Waals surface area contributed by atoms with Gasteiger partial charge in [0.25, 0.3) is 0 Å². The molecule has 3 aromatic carbocycles. The lowest BCUT2D eigenvalue weighted by Crippen LogP contribution is -3.00. The predicted molar refractivity (Wildman–Crippen MR) is 126 cm³/mol. The van der Waals surface area contributed by atoms with Gasteiger partial charge in [0, 0.05) is 28.2 Å². The highest BCUT2D eigenvalue weighted by molar-refractivity contribution is 6.21. The van der Waals surface area contributed by atoms with Gasteiger partial charge in [-0.25, -0.2) is 0 Å². The van der Waals surface area contributed by atoms with Crippen LogP contribution in [0.4, 0.5) is 0 Å². The Morgan fingerprint density at radius 3 is 2.31 bits per heavy atom. The van der Waals surface area contributed by atoms with Crippen LogP contribution in [0.2, 0.25) is 0 Å². The molecule has 4 nitrogen and oxygen atoms in total. The van der Waals surface area contributed by atoms with Gasteiger partial charge in [-0.05, 0) is 29.3 Å². The van der Waals surface area contributed by atoms with Crippen molar-refractivity contribution in [2.75, 3.05) is 39.9 Å². The van der Waals surface area contributed by atoms with E-state index in [0.717, 1.165) is 76.7 Å². The lowest BCUT2D eigenvalue weighted by Gasteiger charge is -2.37. The van der Waals surface area contributed by atoms with E-state index >= 15 is 0 Å². The number of ketones is 1. The monoisotopic (exact) mass is 540 g/mol. The van der Waals surface area contributed by atoms with Crippen LogP contribution in [0.1, 0.15) is 21.5 Å². The normalized spacial score (nSPS) is 15.6. The van der Waals surface area contributed by atoms with E-state index in [-0.39, 0.29) is 29.8 Å². The summed E-state index contributed by atoms with van der Waals surface area (Å²) in [4.78, 5) is 13.7. The molecule has 1 aliphatic rings. The van der Waals surface area contributed by atoms with Crippen molar-refractivity contribution in [1.82, 2.24) is 4.57 Å². The van der Waals surface area contributed by atoms with Crippen LogP contribution in [0, 0.1) is 6.92 Å². The average molecular weight is 540 g/mol. The molecule has 166 valence electrons. The smallest absolute Gasteiger partial charge is 0.195 e. The summed E-state index contributed by atoms with van der Waals surface area (Å²) in [5, 5.41) is 3.19. The van der Waals surface area contributed by atoms with Crippen molar-refractivity contribution in [2.45, 2.75) is 13.5 Å². The molecule has 0 amide bonds. The molecule has 5 rings (SSSR count). The maximum absolute atomic E-state index is 13.7. The van der Waals surface area contributed by atoms with Crippen molar-refractivity contribution < 1.29 is 38.0 Å². The quantitative estimate of drug-likeness (QED) is 0.220. The first-order chi connectivity index (χ1) is 15.1. The topological polar surface area (TPSA) is 31.2 Å². The second kappa shape index (κ2) is 9.33. The minimum absolute atomic E-state index is 0.